The van der Waals surface area contributed by atoms with Crippen LogP contribution in [0.1, 0.15) is 34.6 Å². The van der Waals surface area contributed by atoms with E-state index in [2.05, 4.69) is 5.32 Å². The van der Waals surface area contributed by atoms with E-state index in [1.807, 2.05) is 5.32 Å². The number of carbonyl (C=O) groups excluding carboxylic acids is 4. The molecule has 3 aromatic rings. The second-order valence-electron chi connectivity index (χ2n) is 6.24. The molecule has 0 aliphatic heterocycles. The van der Waals surface area contributed by atoms with Crippen molar-refractivity contribution >= 4 is 51.8 Å². The normalized spacial score (nSPS) is 10.6. The van der Waals surface area contributed by atoms with E-state index in [1.54, 1.807) is 24.3 Å². The molecule has 0 saturated heterocycles. The highest BCUT2D eigenvalue weighted by Crippen LogP contribution is 2.33. The van der Waals surface area contributed by atoms with E-state index in [4.69, 9.17) is 11.6 Å². The van der Waals surface area contributed by atoms with E-state index >= 15 is 0 Å². The number of hydrogen-bond acceptors (Lipinski definition) is 5. The van der Waals surface area contributed by atoms with Crippen molar-refractivity contribution in [2.75, 3.05) is 5.32 Å². The minimum absolute atomic E-state index is 0.149. The highest BCUT2D eigenvalue weighted by molar-refractivity contribution is 6.34. The third-order valence-electron chi connectivity index (χ3n) is 4.18. The fraction of sp³-hybridized carbons (Fsp3) is 0.100. The summed E-state index contributed by atoms with van der Waals surface area (Å²) in [5, 5.41) is 15.7. The number of nitrogens with one attached hydrogen (secondary N) is 2. The molecule has 148 valence electrons. The molecule has 0 aliphatic rings. The summed E-state index contributed by atoms with van der Waals surface area (Å²) < 4.78 is 0.794. The predicted molar refractivity (Wildman–Crippen MR) is 108 cm³/mol. The summed E-state index contributed by atoms with van der Waals surface area (Å²) >= 11 is 6.06. The molecule has 3 rings (SSSR count). The number of carbonyl (C=O) groups is 4. The number of para-hydroxylation sites is 1. The lowest BCUT2D eigenvalue weighted by molar-refractivity contribution is -0.117. The Hall–Kier alpha value is -3.65. The Kier molecular flexibility index (Phi) is 5.38. The van der Waals surface area contributed by atoms with Gasteiger partial charge in [-0.3, -0.25) is 19.7 Å². The number of aromatic nitrogens is 1. The van der Waals surface area contributed by atoms with Gasteiger partial charge in [0.15, 0.2) is 5.78 Å². The number of benzene rings is 2. The molecule has 2 aromatic carbocycles. The molecule has 0 aliphatic carbocycles. The summed E-state index contributed by atoms with van der Waals surface area (Å²) in [6.45, 7) is 2.49. The molecule has 0 bridgehead atoms. The van der Waals surface area contributed by atoms with Crippen LogP contribution in [0.15, 0.2) is 42.5 Å². The number of imide groups is 1. The molecule has 1 heterocycles. The summed E-state index contributed by atoms with van der Waals surface area (Å²) in [5.41, 5.74) is 0.501. The van der Waals surface area contributed by atoms with Crippen molar-refractivity contribution in [3.63, 3.8) is 0 Å². The zero-order valence-electron chi connectivity index (χ0n) is 15.4. The van der Waals surface area contributed by atoms with Gasteiger partial charge in [-0.15, -0.1) is 0 Å². The van der Waals surface area contributed by atoms with Crippen LogP contribution in [0.3, 0.4) is 0 Å². The number of Topliss-reactive ketones (excluding diaryl/α,β-unsaturated/α-hetero) is 1. The van der Waals surface area contributed by atoms with E-state index < -0.39 is 23.7 Å². The number of aromatic hydroxyl groups is 1. The number of amides is 3. The average molecular weight is 414 g/mol. The Morgan fingerprint density at radius 2 is 1.72 bits per heavy atom. The third kappa shape index (κ3) is 3.83. The second kappa shape index (κ2) is 7.76. The average Bonchev–Trinajstić information content (AvgIpc) is 2.94. The van der Waals surface area contributed by atoms with Crippen LogP contribution in [0.25, 0.3) is 10.9 Å². The monoisotopic (exact) mass is 413 g/mol. The molecular formula is C20H16ClN3O5. The summed E-state index contributed by atoms with van der Waals surface area (Å²) in [5.74, 6) is -2.32. The van der Waals surface area contributed by atoms with Gasteiger partial charge in [-0.25, -0.2) is 9.36 Å². The van der Waals surface area contributed by atoms with Crippen LogP contribution < -0.4 is 10.6 Å². The molecule has 0 spiro atoms. The number of hydrogen-bond donors (Lipinski definition) is 3. The van der Waals surface area contributed by atoms with Gasteiger partial charge in [0.25, 0.3) is 5.91 Å². The summed E-state index contributed by atoms with van der Waals surface area (Å²) in [6, 6.07) is 9.83. The first-order valence-corrected chi connectivity index (χ1v) is 8.84. The van der Waals surface area contributed by atoms with E-state index in [0.29, 0.717) is 5.69 Å². The molecule has 9 heteroatoms. The van der Waals surface area contributed by atoms with Crippen LogP contribution in [-0.4, -0.2) is 33.3 Å². The van der Waals surface area contributed by atoms with Crippen LogP contribution in [0, 0.1) is 0 Å². The van der Waals surface area contributed by atoms with E-state index in [9.17, 15) is 24.3 Å². The molecule has 3 amide bonds. The third-order valence-corrected chi connectivity index (χ3v) is 4.51. The molecule has 0 atom stereocenters. The van der Waals surface area contributed by atoms with Gasteiger partial charge in [-0.2, -0.15) is 0 Å². The number of anilines is 1. The van der Waals surface area contributed by atoms with Crippen molar-refractivity contribution in [2.24, 2.45) is 0 Å². The Morgan fingerprint density at radius 1 is 1.03 bits per heavy atom. The quantitative estimate of drug-likeness (QED) is 0.567. The minimum Gasteiger partial charge on any atom is -0.494 e. The Bertz CT molecular complexity index is 1180. The molecule has 29 heavy (non-hydrogen) atoms. The fourth-order valence-corrected chi connectivity index (χ4v) is 3.06. The molecule has 8 nitrogen and oxygen atoms in total. The number of ketones is 1. The lowest BCUT2D eigenvalue weighted by Crippen LogP contribution is -2.32. The molecule has 0 saturated carbocycles. The minimum atomic E-state index is -0.938. The predicted octanol–water partition coefficient (Wildman–Crippen LogP) is 3.56. The smallest absolute Gasteiger partial charge is 0.335 e. The Labute approximate surface area is 170 Å². The van der Waals surface area contributed by atoms with Gasteiger partial charge in [0, 0.05) is 17.9 Å². The van der Waals surface area contributed by atoms with Gasteiger partial charge in [0.1, 0.15) is 5.56 Å². The van der Waals surface area contributed by atoms with Crippen molar-refractivity contribution in [1.82, 2.24) is 9.88 Å². The molecule has 0 fully saturated rings. The van der Waals surface area contributed by atoms with Crippen LogP contribution in [0.5, 0.6) is 5.88 Å². The van der Waals surface area contributed by atoms with E-state index in [1.165, 1.54) is 25.1 Å². The van der Waals surface area contributed by atoms with Crippen LogP contribution >= 0.6 is 11.6 Å². The summed E-state index contributed by atoms with van der Waals surface area (Å²) in [6.07, 6.45) is 0. The number of nitrogens with zero attached hydrogens (tertiary/aromatic N) is 1. The largest absolute Gasteiger partial charge is 0.494 e. The van der Waals surface area contributed by atoms with E-state index in [-0.39, 0.29) is 32.8 Å². The first-order valence-electron chi connectivity index (χ1n) is 8.47. The zero-order valence-corrected chi connectivity index (χ0v) is 16.2. The SMILES string of the molecule is CC(=O)NC(=O)n1c(O)c(C(=O)Nc2ccccc2Cl)c2cc(C(C)=O)ccc21. The van der Waals surface area contributed by atoms with Gasteiger partial charge in [0.05, 0.1) is 16.2 Å². The fourth-order valence-electron chi connectivity index (χ4n) is 2.88. The maximum Gasteiger partial charge on any atom is 0.335 e. The van der Waals surface area contributed by atoms with Gasteiger partial charge < -0.3 is 10.4 Å². The summed E-state index contributed by atoms with van der Waals surface area (Å²) in [7, 11) is 0. The second-order valence-corrected chi connectivity index (χ2v) is 6.65. The number of fused-ring (bicyclic) bond motifs is 1. The van der Waals surface area contributed by atoms with E-state index in [0.717, 1.165) is 11.5 Å². The zero-order chi connectivity index (χ0) is 21.3. The standard InChI is InChI=1S/C20H16ClN3O5/c1-10(25)12-7-8-16-13(9-12)17(19(28)24(16)20(29)22-11(2)26)18(27)23-15-6-4-3-5-14(15)21/h3-9,28H,1-2H3,(H,23,27)(H,22,26,29). The maximum absolute atomic E-state index is 12.9. The van der Waals surface area contributed by atoms with Crippen LogP contribution in [-0.2, 0) is 4.79 Å². The molecule has 1 aromatic heterocycles. The van der Waals surface area contributed by atoms with Gasteiger partial charge in [-0.1, -0.05) is 23.7 Å². The Balaban J connectivity index is 2.20. The molecule has 0 unspecified atom stereocenters. The molecular weight excluding hydrogens is 398 g/mol. The summed E-state index contributed by atoms with van der Waals surface area (Å²) in [4.78, 5) is 48.4. The van der Waals surface area contributed by atoms with Crippen LogP contribution in [0.2, 0.25) is 5.02 Å². The number of halogens is 1. The topological polar surface area (TPSA) is 118 Å². The number of rotatable bonds is 3. The first-order chi connectivity index (χ1) is 13.7. The van der Waals surface area contributed by atoms with Crippen molar-refractivity contribution in [1.29, 1.82) is 0 Å². The molecule has 3 N–H and O–H groups in total. The van der Waals surface area contributed by atoms with Crippen molar-refractivity contribution in [3.8, 4) is 5.88 Å². The van der Waals surface area contributed by atoms with Crippen molar-refractivity contribution < 1.29 is 24.3 Å². The lowest BCUT2D eigenvalue weighted by atomic mass is 10.1. The van der Waals surface area contributed by atoms with Crippen molar-refractivity contribution in [3.05, 3.63) is 58.6 Å². The van der Waals surface area contributed by atoms with Gasteiger partial charge >= 0.3 is 6.03 Å². The van der Waals surface area contributed by atoms with Gasteiger partial charge in [-0.05, 0) is 37.3 Å². The Morgan fingerprint density at radius 3 is 2.34 bits per heavy atom. The maximum atomic E-state index is 12.9. The first kappa shape index (κ1) is 20.1. The highest BCUT2D eigenvalue weighted by Gasteiger charge is 2.27. The van der Waals surface area contributed by atoms with Crippen molar-refractivity contribution in [2.45, 2.75) is 13.8 Å². The molecule has 0 radical (unpaired) electrons. The van der Waals surface area contributed by atoms with Gasteiger partial charge in [0.2, 0.25) is 11.8 Å². The van der Waals surface area contributed by atoms with Crippen LogP contribution in [0.4, 0.5) is 10.5 Å². The lowest BCUT2D eigenvalue weighted by Gasteiger charge is -2.07. The highest BCUT2D eigenvalue weighted by atomic mass is 35.5.